The van der Waals surface area contributed by atoms with E-state index in [0.29, 0.717) is 27.9 Å². The monoisotopic (exact) mass is 366 g/mol. The minimum atomic E-state index is -0.135. The summed E-state index contributed by atoms with van der Waals surface area (Å²) in [5, 5.41) is 11.8. The summed E-state index contributed by atoms with van der Waals surface area (Å²) in [7, 11) is 0. The number of benzene rings is 1. The van der Waals surface area contributed by atoms with E-state index < -0.39 is 0 Å². The minimum absolute atomic E-state index is 0.135. The number of rotatable bonds is 5. The van der Waals surface area contributed by atoms with Gasteiger partial charge in [-0.15, -0.1) is 10.2 Å². The van der Waals surface area contributed by atoms with Gasteiger partial charge < -0.3 is 14.8 Å². The number of hydrogen-bond acceptors (Lipinski definition) is 7. The highest BCUT2D eigenvalue weighted by molar-refractivity contribution is 7.99. The van der Waals surface area contributed by atoms with Crippen LogP contribution in [0.5, 0.6) is 11.5 Å². The molecule has 1 aliphatic rings. The first-order valence-corrected chi connectivity index (χ1v) is 8.84. The number of hydrogen-bond donors (Lipinski definition) is 1. The third-order valence-corrected chi connectivity index (χ3v) is 4.49. The van der Waals surface area contributed by atoms with E-state index >= 15 is 0 Å². The Hall–Kier alpha value is -3.13. The number of amides is 1. The zero-order chi connectivity index (χ0) is 17.8. The van der Waals surface area contributed by atoms with Gasteiger partial charge in [-0.1, -0.05) is 17.8 Å². The molecule has 3 aromatic rings. The highest BCUT2D eigenvalue weighted by Crippen LogP contribution is 2.34. The number of fused-ring (bicyclic) bond motifs is 1. The zero-order valence-electron chi connectivity index (χ0n) is 13.6. The Kier molecular flexibility index (Phi) is 4.65. The molecule has 1 amide bonds. The van der Waals surface area contributed by atoms with Crippen LogP contribution >= 0.6 is 11.8 Å². The molecule has 26 heavy (non-hydrogen) atoms. The SMILES string of the molecule is O=C(CSc1ccc(-c2ccccn2)nn1)Nc1ccc2c(c1)OCO2. The third-order valence-electron chi connectivity index (χ3n) is 3.57. The Morgan fingerprint density at radius 3 is 2.77 bits per heavy atom. The first-order valence-electron chi connectivity index (χ1n) is 7.85. The van der Waals surface area contributed by atoms with Crippen LogP contribution in [0, 0.1) is 0 Å². The van der Waals surface area contributed by atoms with Crippen molar-refractivity contribution in [2.45, 2.75) is 5.03 Å². The molecule has 0 radical (unpaired) electrons. The molecule has 8 heteroatoms. The Bertz CT molecular complexity index is 919. The van der Waals surface area contributed by atoms with Gasteiger partial charge in [-0.05, 0) is 36.4 Å². The molecule has 7 nitrogen and oxygen atoms in total. The van der Waals surface area contributed by atoms with Gasteiger partial charge in [0.15, 0.2) is 11.5 Å². The molecule has 1 aliphatic heterocycles. The van der Waals surface area contributed by atoms with Crippen LogP contribution in [-0.2, 0) is 4.79 Å². The summed E-state index contributed by atoms with van der Waals surface area (Å²) in [6.07, 6.45) is 1.71. The number of thioether (sulfide) groups is 1. The Morgan fingerprint density at radius 2 is 1.96 bits per heavy atom. The molecular formula is C18H14N4O3S. The van der Waals surface area contributed by atoms with Crippen LogP contribution in [-0.4, -0.2) is 33.6 Å². The lowest BCUT2D eigenvalue weighted by atomic mass is 10.2. The molecule has 4 rings (SSSR count). The van der Waals surface area contributed by atoms with E-state index in [2.05, 4.69) is 20.5 Å². The highest BCUT2D eigenvalue weighted by Gasteiger charge is 2.14. The van der Waals surface area contributed by atoms with Crippen LogP contribution in [0.4, 0.5) is 5.69 Å². The van der Waals surface area contributed by atoms with E-state index in [9.17, 15) is 4.79 Å². The summed E-state index contributed by atoms with van der Waals surface area (Å²) < 4.78 is 10.5. The Morgan fingerprint density at radius 1 is 1.04 bits per heavy atom. The largest absolute Gasteiger partial charge is 0.454 e. The maximum Gasteiger partial charge on any atom is 0.234 e. The Labute approximate surface area is 153 Å². The molecule has 1 aromatic carbocycles. The summed E-state index contributed by atoms with van der Waals surface area (Å²) in [5.74, 6) is 1.41. The molecule has 0 unspecified atom stereocenters. The molecule has 0 spiro atoms. The van der Waals surface area contributed by atoms with Gasteiger partial charge in [0.05, 0.1) is 11.4 Å². The average molecular weight is 366 g/mol. The molecule has 0 aliphatic carbocycles. The minimum Gasteiger partial charge on any atom is -0.454 e. The molecule has 3 heterocycles. The number of aromatic nitrogens is 3. The summed E-state index contributed by atoms with van der Waals surface area (Å²) in [5.41, 5.74) is 2.12. The van der Waals surface area contributed by atoms with E-state index in [0.717, 1.165) is 5.69 Å². The van der Waals surface area contributed by atoms with Crippen molar-refractivity contribution in [2.75, 3.05) is 17.9 Å². The van der Waals surface area contributed by atoms with Crippen LogP contribution in [0.3, 0.4) is 0 Å². The van der Waals surface area contributed by atoms with Crippen LogP contribution in [0.15, 0.2) is 59.8 Å². The van der Waals surface area contributed by atoms with E-state index in [1.54, 1.807) is 24.4 Å². The standard InChI is InChI=1S/C18H14N4O3S/c23-17(20-12-4-6-15-16(9-12)25-11-24-15)10-26-18-7-5-14(21-22-18)13-3-1-2-8-19-13/h1-9H,10-11H2,(H,20,23). The van der Waals surface area contributed by atoms with Crippen LogP contribution in [0.25, 0.3) is 11.4 Å². The maximum absolute atomic E-state index is 12.1. The van der Waals surface area contributed by atoms with Gasteiger partial charge in [0, 0.05) is 18.0 Å². The van der Waals surface area contributed by atoms with Crippen molar-refractivity contribution in [1.29, 1.82) is 0 Å². The van der Waals surface area contributed by atoms with Gasteiger partial charge in [0.2, 0.25) is 12.7 Å². The predicted octanol–water partition coefficient (Wildman–Crippen LogP) is 3.00. The summed E-state index contributed by atoms with van der Waals surface area (Å²) in [6.45, 7) is 0.204. The van der Waals surface area contributed by atoms with E-state index in [1.165, 1.54) is 11.8 Å². The van der Waals surface area contributed by atoms with Crippen LogP contribution in [0.2, 0.25) is 0 Å². The number of pyridine rings is 1. The lowest BCUT2D eigenvalue weighted by Gasteiger charge is -2.06. The van der Waals surface area contributed by atoms with Crippen molar-refractivity contribution in [3.05, 3.63) is 54.7 Å². The first kappa shape index (κ1) is 16.3. The molecule has 1 N–H and O–H groups in total. The van der Waals surface area contributed by atoms with Crippen molar-refractivity contribution < 1.29 is 14.3 Å². The maximum atomic E-state index is 12.1. The van der Waals surface area contributed by atoms with Crippen molar-refractivity contribution in [3.8, 4) is 22.9 Å². The smallest absolute Gasteiger partial charge is 0.234 e. The third kappa shape index (κ3) is 3.75. The van der Waals surface area contributed by atoms with Gasteiger partial charge in [-0.2, -0.15) is 0 Å². The first-order chi connectivity index (χ1) is 12.8. The summed E-state index contributed by atoms with van der Waals surface area (Å²) in [6, 6.07) is 14.6. The number of nitrogens with one attached hydrogen (secondary N) is 1. The van der Waals surface area contributed by atoms with Crippen LogP contribution in [0.1, 0.15) is 0 Å². The molecule has 130 valence electrons. The molecular weight excluding hydrogens is 352 g/mol. The van der Waals surface area contributed by atoms with Gasteiger partial charge in [-0.3, -0.25) is 9.78 Å². The average Bonchev–Trinajstić information content (AvgIpc) is 3.15. The van der Waals surface area contributed by atoms with Gasteiger partial charge in [0.1, 0.15) is 10.7 Å². The second-order valence-corrected chi connectivity index (χ2v) is 6.37. The fourth-order valence-electron chi connectivity index (χ4n) is 2.36. The van der Waals surface area contributed by atoms with Crippen molar-refractivity contribution in [1.82, 2.24) is 15.2 Å². The summed E-state index contributed by atoms with van der Waals surface area (Å²) >= 11 is 1.32. The highest BCUT2D eigenvalue weighted by atomic mass is 32.2. The molecule has 2 aromatic heterocycles. The lowest BCUT2D eigenvalue weighted by Crippen LogP contribution is -2.14. The predicted molar refractivity (Wildman–Crippen MR) is 97.2 cm³/mol. The fourth-order valence-corrected chi connectivity index (χ4v) is 2.97. The second kappa shape index (κ2) is 7.40. The lowest BCUT2D eigenvalue weighted by molar-refractivity contribution is -0.113. The van der Waals surface area contributed by atoms with Crippen molar-refractivity contribution in [3.63, 3.8) is 0 Å². The quantitative estimate of drug-likeness (QED) is 0.695. The molecule has 0 saturated heterocycles. The van der Waals surface area contributed by atoms with E-state index in [-0.39, 0.29) is 18.5 Å². The van der Waals surface area contributed by atoms with E-state index in [1.807, 2.05) is 30.3 Å². The molecule has 0 bridgehead atoms. The second-order valence-electron chi connectivity index (χ2n) is 5.38. The number of anilines is 1. The van der Waals surface area contributed by atoms with Crippen molar-refractivity contribution in [2.24, 2.45) is 0 Å². The fraction of sp³-hybridized carbons (Fsp3) is 0.111. The van der Waals surface area contributed by atoms with E-state index in [4.69, 9.17) is 9.47 Å². The normalized spacial score (nSPS) is 12.0. The van der Waals surface area contributed by atoms with Gasteiger partial charge in [-0.25, -0.2) is 0 Å². The van der Waals surface area contributed by atoms with Crippen molar-refractivity contribution >= 4 is 23.4 Å². The number of carbonyl (C=O) groups excluding carboxylic acids is 1. The molecule has 0 fully saturated rings. The number of carbonyl (C=O) groups is 1. The molecule has 0 saturated carbocycles. The van der Waals surface area contributed by atoms with Gasteiger partial charge in [0.25, 0.3) is 0 Å². The Balaban J connectivity index is 1.33. The molecule has 0 atom stereocenters. The number of nitrogens with zero attached hydrogens (tertiary/aromatic N) is 3. The zero-order valence-corrected chi connectivity index (χ0v) is 14.4. The number of ether oxygens (including phenoxy) is 2. The van der Waals surface area contributed by atoms with Gasteiger partial charge >= 0.3 is 0 Å². The topological polar surface area (TPSA) is 86.2 Å². The summed E-state index contributed by atoms with van der Waals surface area (Å²) in [4.78, 5) is 16.3. The van der Waals surface area contributed by atoms with Crippen LogP contribution < -0.4 is 14.8 Å².